The highest BCUT2D eigenvalue weighted by molar-refractivity contribution is 5.71. The molecule has 0 aliphatic carbocycles. The smallest absolute Gasteiger partial charge is 0.120 e. The van der Waals surface area contributed by atoms with Gasteiger partial charge in [0.1, 0.15) is 22.8 Å². The van der Waals surface area contributed by atoms with Crippen molar-refractivity contribution >= 4 is 12.2 Å². The second-order valence-corrected chi connectivity index (χ2v) is 5.90. The van der Waals surface area contributed by atoms with Crippen molar-refractivity contribution in [3.8, 4) is 17.2 Å². The monoisotopic (exact) mass is 284 g/mol. The van der Waals surface area contributed by atoms with Crippen LogP contribution in [0.25, 0.3) is 12.2 Å². The van der Waals surface area contributed by atoms with Crippen LogP contribution in [-0.2, 0) is 0 Å². The van der Waals surface area contributed by atoms with Crippen LogP contribution in [-0.4, -0.2) is 15.8 Å². The van der Waals surface area contributed by atoms with Crippen LogP contribution in [0.2, 0.25) is 0 Å². The molecule has 2 aromatic carbocycles. The van der Waals surface area contributed by atoms with Crippen LogP contribution in [0, 0.1) is 0 Å². The quantitative estimate of drug-likeness (QED) is 0.819. The summed E-state index contributed by atoms with van der Waals surface area (Å²) in [6, 6.07) is 12.2. The Morgan fingerprint density at radius 3 is 1.86 bits per heavy atom. The van der Waals surface area contributed by atoms with Gasteiger partial charge in [-0.1, -0.05) is 24.3 Å². The highest BCUT2D eigenvalue weighted by atomic mass is 16.5. The van der Waals surface area contributed by atoms with Crippen molar-refractivity contribution in [1.82, 2.24) is 0 Å². The van der Waals surface area contributed by atoms with Gasteiger partial charge in [0.25, 0.3) is 0 Å². The summed E-state index contributed by atoms with van der Waals surface area (Å²) in [7, 11) is 0. The van der Waals surface area contributed by atoms with Crippen LogP contribution in [0.4, 0.5) is 0 Å². The number of aromatic hydroxyl groups is 2. The lowest BCUT2D eigenvalue weighted by atomic mass is 10.1. The second-order valence-electron chi connectivity index (χ2n) is 5.90. The van der Waals surface area contributed by atoms with Gasteiger partial charge in [-0.3, -0.25) is 0 Å². The van der Waals surface area contributed by atoms with Crippen molar-refractivity contribution in [2.45, 2.75) is 26.4 Å². The number of phenols is 2. The number of benzene rings is 2. The summed E-state index contributed by atoms with van der Waals surface area (Å²) in [4.78, 5) is 0. The molecule has 21 heavy (non-hydrogen) atoms. The highest BCUT2D eigenvalue weighted by Gasteiger charge is 2.10. The molecule has 0 bridgehead atoms. The van der Waals surface area contributed by atoms with E-state index in [1.54, 1.807) is 12.1 Å². The summed E-state index contributed by atoms with van der Waals surface area (Å²) in [6.07, 6.45) is 3.74. The molecule has 0 saturated carbocycles. The Bertz CT molecular complexity index is 614. The number of rotatable bonds is 3. The summed E-state index contributed by atoms with van der Waals surface area (Å²) in [5.74, 6) is 0.918. The molecule has 0 saturated heterocycles. The van der Waals surface area contributed by atoms with Crippen molar-refractivity contribution in [3.05, 3.63) is 53.6 Å². The third kappa shape index (κ3) is 4.88. The Balaban J connectivity index is 2.11. The summed E-state index contributed by atoms with van der Waals surface area (Å²) in [6.45, 7) is 6.03. The first-order valence-electron chi connectivity index (χ1n) is 6.82. The van der Waals surface area contributed by atoms with E-state index in [-0.39, 0.29) is 17.1 Å². The first-order chi connectivity index (χ1) is 9.82. The van der Waals surface area contributed by atoms with Gasteiger partial charge in [-0.2, -0.15) is 0 Å². The minimum absolute atomic E-state index is 0.0450. The van der Waals surface area contributed by atoms with E-state index in [4.69, 9.17) is 4.74 Å². The highest BCUT2D eigenvalue weighted by Crippen LogP contribution is 2.23. The Morgan fingerprint density at radius 2 is 1.33 bits per heavy atom. The molecule has 3 heteroatoms. The predicted molar refractivity (Wildman–Crippen MR) is 85.5 cm³/mol. The lowest BCUT2D eigenvalue weighted by Gasteiger charge is -2.21. The molecular weight excluding hydrogens is 264 g/mol. The van der Waals surface area contributed by atoms with Crippen LogP contribution in [0.15, 0.2) is 42.5 Å². The first kappa shape index (κ1) is 15.0. The maximum Gasteiger partial charge on any atom is 0.120 e. The van der Waals surface area contributed by atoms with E-state index < -0.39 is 0 Å². The van der Waals surface area contributed by atoms with Crippen molar-refractivity contribution in [1.29, 1.82) is 0 Å². The largest absolute Gasteiger partial charge is 0.508 e. The molecule has 0 amide bonds. The number of ether oxygens (including phenoxy) is 1. The van der Waals surface area contributed by atoms with Crippen LogP contribution >= 0.6 is 0 Å². The van der Waals surface area contributed by atoms with Crippen molar-refractivity contribution in [2.24, 2.45) is 0 Å². The molecule has 0 fully saturated rings. The molecule has 0 atom stereocenters. The fourth-order valence-electron chi connectivity index (χ4n) is 1.91. The van der Waals surface area contributed by atoms with E-state index in [1.165, 1.54) is 6.07 Å². The lowest BCUT2D eigenvalue weighted by molar-refractivity contribution is 0.131. The van der Waals surface area contributed by atoms with Gasteiger partial charge in [-0.25, -0.2) is 0 Å². The Labute approximate surface area is 125 Å². The molecule has 0 aliphatic heterocycles. The lowest BCUT2D eigenvalue weighted by Crippen LogP contribution is -2.22. The number of hydrogen-bond donors (Lipinski definition) is 2. The molecule has 0 heterocycles. The summed E-state index contributed by atoms with van der Waals surface area (Å²) < 4.78 is 5.76. The standard InChI is InChI=1S/C18H20O3/c1-18(2,3)21-17-8-6-13(7-9-17)4-5-14-10-15(19)12-16(20)11-14/h4-12,19-20H,1-3H3/b5-4+. The van der Waals surface area contributed by atoms with E-state index in [2.05, 4.69) is 0 Å². The third-order valence-electron chi connectivity index (χ3n) is 2.70. The molecule has 2 N–H and O–H groups in total. The minimum atomic E-state index is -0.212. The van der Waals surface area contributed by atoms with E-state index in [9.17, 15) is 10.2 Å². The zero-order valence-corrected chi connectivity index (χ0v) is 12.5. The van der Waals surface area contributed by atoms with Crippen LogP contribution in [0.5, 0.6) is 17.2 Å². The van der Waals surface area contributed by atoms with Gasteiger partial charge in [0.2, 0.25) is 0 Å². The molecule has 0 radical (unpaired) electrons. The molecule has 0 spiro atoms. The third-order valence-corrected chi connectivity index (χ3v) is 2.70. The van der Waals surface area contributed by atoms with Gasteiger partial charge in [-0.05, 0) is 56.2 Å². The molecule has 0 unspecified atom stereocenters. The molecule has 110 valence electrons. The van der Waals surface area contributed by atoms with E-state index in [0.717, 1.165) is 16.9 Å². The zero-order valence-electron chi connectivity index (χ0n) is 12.5. The van der Waals surface area contributed by atoms with Crippen molar-refractivity contribution < 1.29 is 14.9 Å². The van der Waals surface area contributed by atoms with E-state index in [0.29, 0.717) is 0 Å². The molecule has 0 aromatic heterocycles. The van der Waals surface area contributed by atoms with Crippen LogP contribution in [0.1, 0.15) is 31.9 Å². The average Bonchev–Trinajstić information content (AvgIpc) is 2.35. The molecule has 2 aromatic rings. The topological polar surface area (TPSA) is 49.7 Å². The molecule has 0 aliphatic rings. The fraction of sp³-hybridized carbons (Fsp3) is 0.222. The van der Waals surface area contributed by atoms with Crippen LogP contribution < -0.4 is 4.74 Å². The van der Waals surface area contributed by atoms with Crippen molar-refractivity contribution in [2.75, 3.05) is 0 Å². The predicted octanol–water partition coefficient (Wildman–Crippen LogP) is 4.45. The Kier molecular flexibility index (Phi) is 4.22. The zero-order chi connectivity index (χ0) is 15.5. The number of phenolic OH excluding ortho intramolecular Hbond substituents is 2. The minimum Gasteiger partial charge on any atom is -0.508 e. The molecule has 3 nitrogen and oxygen atoms in total. The van der Waals surface area contributed by atoms with Crippen molar-refractivity contribution in [3.63, 3.8) is 0 Å². The van der Waals surface area contributed by atoms with Gasteiger partial charge in [-0.15, -0.1) is 0 Å². The summed E-state index contributed by atoms with van der Waals surface area (Å²) >= 11 is 0. The maximum atomic E-state index is 9.43. The average molecular weight is 284 g/mol. The van der Waals surface area contributed by atoms with E-state index >= 15 is 0 Å². The first-order valence-corrected chi connectivity index (χ1v) is 6.82. The van der Waals surface area contributed by atoms with Gasteiger partial charge in [0, 0.05) is 6.07 Å². The van der Waals surface area contributed by atoms with Gasteiger partial charge < -0.3 is 14.9 Å². The maximum absolute atomic E-state index is 9.43. The molecule has 2 rings (SSSR count). The van der Waals surface area contributed by atoms with Crippen LogP contribution in [0.3, 0.4) is 0 Å². The number of hydrogen-bond acceptors (Lipinski definition) is 3. The van der Waals surface area contributed by atoms with Gasteiger partial charge >= 0.3 is 0 Å². The molecular formula is C18H20O3. The normalized spacial score (nSPS) is 11.8. The Hall–Kier alpha value is -2.42. The summed E-state index contributed by atoms with van der Waals surface area (Å²) in [5.41, 5.74) is 1.54. The SMILES string of the molecule is CC(C)(C)Oc1ccc(/C=C/c2cc(O)cc(O)c2)cc1. The second kappa shape index (κ2) is 5.92. The summed E-state index contributed by atoms with van der Waals surface area (Å²) in [5, 5.41) is 18.9. The van der Waals surface area contributed by atoms with E-state index in [1.807, 2.05) is 57.2 Å². The van der Waals surface area contributed by atoms with Gasteiger partial charge in [0.05, 0.1) is 0 Å². The fourth-order valence-corrected chi connectivity index (χ4v) is 1.91. The Morgan fingerprint density at radius 1 is 0.810 bits per heavy atom. The van der Waals surface area contributed by atoms with Gasteiger partial charge in [0.15, 0.2) is 0 Å².